The summed E-state index contributed by atoms with van der Waals surface area (Å²) in [5.74, 6) is 0.330. The summed E-state index contributed by atoms with van der Waals surface area (Å²) in [6, 6.07) is 0. The zero-order valence-corrected chi connectivity index (χ0v) is 7.43. The van der Waals surface area contributed by atoms with E-state index in [0.29, 0.717) is 12.4 Å². The Morgan fingerprint density at radius 1 is 1.40 bits per heavy atom. The van der Waals surface area contributed by atoms with Gasteiger partial charge in [-0.25, -0.2) is 0 Å². The molecule has 0 aromatic heterocycles. The summed E-state index contributed by atoms with van der Waals surface area (Å²) in [6.07, 6.45) is -0.374. The SMILES string of the molecule is CCN(CC)C[C@@H](O)CCl. The predicted molar refractivity (Wildman–Crippen MR) is 44.5 cm³/mol. The summed E-state index contributed by atoms with van der Waals surface area (Å²) >= 11 is 5.43. The van der Waals surface area contributed by atoms with Crippen LogP contribution < -0.4 is 0 Å². The highest BCUT2D eigenvalue weighted by Crippen LogP contribution is 1.93. The molecule has 0 fully saturated rings. The number of alkyl halides is 1. The number of aliphatic hydroxyl groups is 1. The molecule has 0 amide bonds. The first kappa shape index (κ1) is 10.2. The fraction of sp³-hybridized carbons (Fsp3) is 1.00. The van der Waals surface area contributed by atoms with Crippen LogP contribution in [0.25, 0.3) is 0 Å². The number of hydrogen-bond acceptors (Lipinski definition) is 2. The molecule has 0 rings (SSSR count). The van der Waals surface area contributed by atoms with E-state index in [1.54, 1.807) is 0 Å². The molecule has 0 aromatic carbocycles. The van der Waals surface area contributed by atoms with E-state index in [9.17, 15) is 0 Å². The zero-order valence-electron chi connectivity index (χ0n) is 6.68. The van der Waals surface area contributed by atoms with Gasteiger partial charge < -0.3 is 10.0 Å². The lowest BCUT2D eigenvalue weighted by Crippen LogP contribution is -2.32. The quantitative estimate of drug-likeness (QED) is 0.613. The molecule has 1 atom stereocenters. The van der Waals surface area contributed by atoms with Crippen molar-refractivity contribution >= 4 is 11.6 Å². The molecular formula is C7H16ClNO. The van der Waals surface area contributed by atoms with E-state index >= 15 is 0 Å². The summed E-state index contributed by atoms with van der Waals surface area (Å²) < 4.78 is 0. The molecule has 0 heterocycles. The van der Waals surface area contributed by atoms with Crippen LogP contribution in [0.3, 0.4) is 0 Å². The van der Waals surface area contributed by atoms with E-state index in [4.69, 9.17) is 16.7 Å². The monoisotopic (exact) mass is 165 g/mol. The Balaban J connectivity index is 3.41. The van der Waals surface area contributed by atoms with Crippen LogP contribution in [0.15, 0.2) is 0 Å². The minimum absolute atomic E-state index is 0.330. The second kappa shape index (κ2) is 5.96. The van der Waals surface area contributed by atoms with Gasteiger partial charge in [-0.2, -0.15) is 0 Å². The Morgan fingerprint density at radius 3 is 2.20 bits per heavy atom. The van der Waals surface area contributed by atoms with E-state index in [0.717, 1.165) is 13.1 Å². The van der Waals surface area contributed by atoms with Crippen molar-refractivity contribution in [2.24, 2.45) is 0 Å². The molecule has 62 valence electrons. The number of halogens is 1. The van der Waals surface area contributed by atoms with Crippen molar-refractivity contribution in [3.63, 3.8) is 0 Å². The van der Waals surface area contributed by atoms with Gasteiger partial charge in [0.1, 0.15) is 0 Å². The van der Waals surface area contributed by atoms with Gasteiger partial charge in [0.25, 0.3) is 0 Å². The Labute approximate surface area is 67.8 Å². The fourth-order valence-electron chi connectivity index (χ4n) is 0.829. The molecule has 0 aliphatic heterocycles. The highest BCUT2D eigenvalue weighted by Gasteiger charge is 2.05. The Morgan fingerprint density at radius 2 is 1.90 bits per heavy atom. The Hall–Kier alpha value is 0.210. The normalized spacial score (nSPS) is 14.1. The summed E-state index contributed by atoms with van der Waals surface area (Å²) in [4.78, 5) is 2.15. The van der Waals surface area contributed by atoms with E-state index in [1.165, 1.54) is 0 Å². The first-order valence-electron chi connectivity index (χ1n) is 3.70. The molecule has 3 heteroatoms. The highest BCUT2D eigenvalue weighted by molar-refractivity contribution is 6.18. The lowest BCUT2D eigenvalue weighted by Gasteiger charge is -2.20. The van der Waals surface area contributed by atoms with Crippen LogP contribution in [-0.4, -0.2) is 41.6 Å². The van der Waals surface area contributed by atoms with Crippen LogP contribution in [0, 0.1) is 0 Å². The van der Waals surface area contributed by atoms with Gasteiger partial charge in [0.15, 0.2) is 0 Å². The lowest BCUT2D eigenvalue weighted by atomic mass is 10.3. The fourth-order valence-corrected chi connectivity index (χ4v) is 0.926. The molecule has 0 unspecified atom stereocenters. The van der Waals surface area contributed by atoms with E-state index < -0.39 is 0 Å². The molecule has 0 aromatic rings. The molecule has 0 saturated heterocycles. The van der Waals surface area contributed by atoms with Crippen LogP contribution in [-0.2, 0) is 0 Å². The molecule has 1 N–H and O–H groups in total. The maximum Gasteiger partial charge on any atom is 0.0802 e. The van der Waals surface area contributed by atoms with Crippen LogP contribution >= 0.6 is 11.6 Å². The molecule has 0 bridgehead atoms. The summed E-state index contributed by atoms with van der Waals surface area (Å²) in [6.45, 7) is 6.79. The largest absolute Gasteiger partial charge is 0.391 e. The smallest absolute Gasteiger partial charge is 0.0802 e. The topological polar surface area (TPSA) is 23.5 Å². The van der Waals surface area contributed by atoms with Gasteiger partial charge in [0.05, 0.1) is 6.10 Å². The van der Waals surface area contributed by atoms with Gasteiger partial charge in [-0.3, -0.25) is 0 Å². The molecular weight excluding hydrogens is 150 g/mol. The average molecular weight is 166 g/mol. The number of aliphatic hydroxyl groups excluding tert-OH is 1. The summed E-state index contributed by atoms with van der Waals surface area (Å²) in [5, 5.41) is 9.12. The van der Waals surface area contributed by atoms with Gasteiger partial charge in [-0.15, -0.1) is 11.6 Å². The zero-order chi connectivity index (χ0) is 7.98. The van der Waals surface area contributed by atoms with Gasteiger partial charge >= 0.3 is 0 Å². The maximum atomic E-state index is 9.12. The van der Waals surface area contributed by atoms with E-state index in [1.807, 2.05) is 0 Å². The minimum Gasteiger partial charge on any atom is -0.391 e. The van der Waals surface area contributed by atoms with Crippen LogP contribution in [0.5, 0.6) is 0 Å². The molecule has 2 nitrogen and oxygen atoms in total. The molecule has 0 radical (unpaired) electrons. The third kappa shape index (κ3) is 4.09. The van der Waals surface area contributed by atoms with Gasteiger partial charge in [0.2, 0.25) is 0 Å². The van der Waals surface area contributed by atoms with Crippen LogP contribution in [0.1, 0.15) is 13.8 Å². The lowest BCUT2D eigenvalue weighted by molar-refractivity contribution is 0.136. The second-order valence-electron chi connectivity index (χ2n) is 2.29. The molecule has 0 spiro atoms. The van der Waals surface area contributed by atoms with Crippen LogP contribution in [0.2, 0.25) is 0 Å². The van der Waals surface area contributed by atoms with Crippen LogP contribution in [0.4, 0.5) is 0 Å². The van der Waals surface area contributed by atoms with Gasteiger partial charge in [-0.1, -0.05) is 13.8 Å². The average Bonchev–Trinajstić information content (AvgIpc) is 1.99. The molecule has 10 heavy (non-hydrogen) atoms. The third-order valence-electron chi connectivity index (χ3n) is 1.54. The van der Waals surface area contributed by atoms with Gasteiger partial charge in [-0.05, 0) is 13.1 Å². The second-order valence-corrected chi connectivity index (χ2v) is 2.60. The number of rotatable bonds is 5. The van der Waals surface area contributed by atoms with Crippen molar-refractivity contribution < 1.29 is 5.11 Å². The van der Waals surface area contributed by atoms with Crippen molar-refractivity contribution in [3.8, 4) is 0 Å². The van der Waals surface area contributed by atoms with Gasteiger partial charge in [0, 0.05) is 12.4 Å². The first-order valence-corrected chi connectivity index (χ1v) is 4.24. The number of nitrogens with zero attached hydrogens (tertiary/aromatic N) is 1. The van der Waals surface area contributed by atoms with E-state index in [-0.39, 0.29) is 6.10 Å². The molecule has 0 saturated carbocycles. The van der Waals surface area contributed by atoms with E-state index in [2.05, 4.69) is 18.7 Å². The first-order chi connectivity index (χ1) is 4.74. The van der Waals surface area contributed by atoms with Crippen molar-refractivity contribution in [2.75, 3.05) is 25.5 Å². The highest BCUT2D eigenvalue weighted by atomic mass is 35.5. The Kier molecular flexibility index (Phi) is 6.08. The van der Waals surface area contributed by atoms with Crippen molar-refractivity contribution in [2.45, 2.75) is 20.0 Å². The standard InChI is InChI=1S/C7H16ClNO/c1-3-9(4-2)6-7(10)5-8/h7,10H,3-6H2,1-2H3/t7-/m0/s1. The summed E-state index contributed by atoms with van der Waals surface area (Å²) in [5.41, 5.74) is 0. The minimum atomic E-state index is -0.374. The maximum absolute atomic E-state index is 9.12. The summed E-state index contributed by atoms with van der Waals surface area (Å²) in [7, 11) is 0. The number of hydrogen-bond donors (Lipinski definition) is 1. The molecule has 0 aliphatic rings. The molecule has 0 aliphatic carbocycles. The van der Waals surface area contributed by atoms with Crippen molar-refractivity contribution in [1.82, 2.24) is 4.90 Å². The van der Waals surface area contributed by atoms with Crippen molar-refractivity contribution in [3.05, 3.63) is 0 Å². The Bertz CT molecular complexity index is 76.0. The van der Waals surface area contributed by atoms with Crippen molar-refractivity contribution in [1.29, 1.82) is 0 Å². The predicted octanol–water partition coefficient (Wildman–Crippen LogP) is 0.928. The third-order valence-corrected chi connectivity index (χ3v) is 1.90. The number of likely N-dealkylation sites (N-methyl/N-ethyl adjacent to an activating group) is 1.